The van der Waals surface area contributed by atoms with Gasteiger partial charge in [-0.3, -0.25) is 9.59 Å². The maximum absolute atomic E-state index is 13.4. The Labute approximate surface area is 199 Å². The molecule has 0 saturated carbocycles. The number of allylic oxidation sites excluding steroid dienone is 3. The number of nitrogens with one attached hydrogen (secondary N) is 3. The van der Waals surface area contributed by atoms with Crippen LogP contribution in [0, 0.1) is 5.92 Å². The highest BCUT2D eigenvalue weighted by molar-refractivity contribution is 6.11. The van der Waals surface area contributed by atoms with E-state index >= 15 is 0 Å². The predicted molar refractivity (Wildman–Crippen MR) is 138 cm³/mol. The van der Waals surface area contributed by atoms with Crippen molar-refractivity contribution < 1.29 is 9.59 Å². The molecule has 3 aromatic rings. The van der Waals surface area contributed by atoms with E-state index in [2.05, 4.69) is 16.0 Å². The molecule has 0 aliphatic carbocycles. The zero-order chi connectivity index (χ0) is 23.9. The zero-order valence-electron chi connectivity index (χ0n) is 19.2. The average Bonchev–Trinajstić information content (AvgIpc) is 2.84. The Morgan fingerprint density at radius 1 is 0.676 bits per heavy atom. The van der Waals surface area contributed by atoms with Crippen LogP contribution in [0.1, 0.15) is 19.4 Å². The second-order valence-electron chi connectivity index (χ2n) is 8.09. The predicted octanol–water partition coefficient (Wildman–Crippen LogP) is 5.74. The maximum Gasteiger partial charge on any atom is 0.254 e. The third kappa shape index (κ3) is 5.33. The van der Waals surface area contributed by atoms with Crippen LogP contribution in [0.15, 0.2) is 120 Å². The lowest BCUT2D eigenvalue weighted by molar-refractivity contribution is -0.113. The van der Waals surface area contributed by atoms with Gasteiger partial charge in [-0.15, -0.1) is 0 Å². The van der Waals surface area contributed by atoms with Crippen LogP contribution in [-0.2, 0) is 9.59 Å². The molecule has 5 heteroatoms. The van der Waals surface area contributed by atoms with E-state index in [0.29, 0.717) is 33.9 Å². The summed E-state index contributed by atoms with van der Waals surface area (Å²) in [6.45, 7) is 3.72. The monoisotopic (exact) mass is 449 g/mol. The van der Waals surface area contributed by atoms with Gasteiger partial charge in [0.25, 0.3) is 11.8 Å². The number of amides is 2. The topological polar surface area (TPSA) is 70.2 Å². The minimum absolute atomic E-state index is 0.253. The summed E-state index contributed by atoms with van der Waals surface area (Å²) >= 11 is 0. The highest BCUT2D eigenvalue weighted by Gasteiger charge is 2.33. The molecule has 0 saturated heterocycles. The molecule has 1 aliphatic heterocycles. The van der Waals surface area contributed by atoms with Crippen molar-refractivity contribution in [1.29, 1.82) is 0 Å². The SMILES string of the molecule is CC1=C(C(=O)Nc2ccccc2)C(/C=C/c2ccccc2)C(C(=O)Nc2ccccc2)=C(C)N1. The van der Waals surface area contributed by atoms with Crippen LogP contribution in [0.2, 0.25) is 0 Å². The molecule has 0 atom stereocenters. The molecule has 0 unspecified atom stereocenters. The van der Waals surface area contributed by atoms with E-state index in [1.807, 2.05) is 117 Å². The Bertz CT molecular complexity index is 1190. The highest BCUT2D eigenvalue weighted by atomic mass is 16.2. The number of rotatable bonds is 6. The van der Waals surface area contributed by atoms with E-state index in [-0.39, 0.29) is 11.8 Å². The standard InChI is InChI=1S/C29H27N3O2/c1-20-26(28(33)31-23-14-8-4-9-15-23)25(19-18-22-12-6-3-7-13-22)27(21(2)30-20)29(34)32-24-16-10-5-11-17-24/h3-19,25,30H,1-2H3,(H,31,33)(H,32,34)/b19-18+. The maximum atomic E-state index is 13.4. The lowest BCUT2D eigenvalue weighted by atomic mass is 9.83. The number of carbonyl (C=O) groups excluding carboxylic acids is 2. The van der Waals surface area contributed by atoms with Crippen LogP contribution in [0.25, 0.3) is 6.08 Å². The first kappa shape index (κ1) is 22.8. The molecule has 0 radical (unpaired) electrons. The van der Waals surface area contributed by atoms with Gasteiger partial charge >= 0.3 is 0 Å². The number of anilines is 2. The van der Waals surface area contributed by atoms with Gasteiger partial charge in [-0.1, -0.05) is 78.9 Å². The summed E-state index contributed by atoms with van der Waals surface area (Å²) in [4.78, 5) is 26.9. The van der Waals surface area contributed by atoms with Gasteiger partial charge in [0, 0.05) is 39.8 Å². The lowest BCUT2D eigenvalue weighted by Gasteiger charge is -2.29. The van der Waals surface area contributed by atoms with Crippen molar-refractivity contribution in [3.05, 3.63) is 125 Å². The summed E-state index contributed by atoms with van der Waals surface area (Å²) < 4.78 is 0. The first-order valence-corrected chi connectivity index (χ1v) is 11.2. The van der Waals surface area contributed by atoms with Crippen LogP contribution in [0.3, 0.4) is 0 Å². The van der Waals surface area contributed by atoms with Gasteiger partial charge in [0.05, 0.1) is 0 Å². The first-order valence-electron chi connectivity index (χ1n) is 11.2. The molecule has 170 valence electrons. The van der Waals surface area contributed by atoms with Crippen LogP contribution in [0.4, 0.5) is 11.4 Å². The Kier molecular flexibility index (Phi) is 7.04. The van der Waals surface area contributed by atoms with Gasteiger partial charge in [0.2, 0.25) is 0 Å². The van der Waals surface area contributed by atoms with E-state index < -0.39 is 5.92 Å². The molecule has 0 spiro atoms. The van der Waals surface area contributed by atoms with Crippen molar-refractivity contribution in [2.45, 2.75) is 13.8 Å². The van der Waals surface area contributed by atoms with Crippen molar-refractivity contribution in [3.63, 3.8) is 0 Å². The summed E-state index contributed by atoms with van der Waals surface area (Å²) in [5.41, 5.74) is 4.80. The number of benzene rings is 3. The summed E-state index contributed by atoms with van der Waals surface area (Å²) in [6.07, 6.45) is 3.87. The van der Waals surface area contributed by atoms with Crippen molar-refractivity contribution >= 4 is 29.3 Å². The minimum Gasteiger partial charge on any atom is -0.362 e. The fraction of sp³-hybridized carbons (Fsp3) is 0.103. The number of para-hydroxylation sites is 2. The second-order valence-corrected chi connectivity index (χ2v) is 8.09. The lowest BCUT2D eigenvalue weighted by Crippen LogP contribution is -2.35. The van der Waals surface area contributed by atoms with Crippen LogP contribution in [0.5, 0.6) is 0 Å². The molecule has 0 bridgehead atoms. The van der Waals surface area contributed by atoms with Gasteiger partial charge in [0.15, 0.2) is 0 Å². The molecule has 2 amide bonds. The molecule has 0 fully saturated rings. The highest BCUT2D eigenvalue weighted by Crippen LogP contribution is 2.33. The summed E-state index contributed by atoms with van der Waals surface area (Å²) in [5, 5.41) is 9.18. The van der Waals surface area contributed by atoms with Crippen molar-refractivity contribution in [2.24, 2.45) is 5.92 Å². The van der Waals surface area contributed by atoms with Crippen molar-refractivity contribution in [1.82, 2.24) is 5.32 Å². The minimum atomic E-state index is -0.533. The van der Waals surface area contributed by atoms with E-state index in [0.717, 1.165) is 5.56 Å². The number of hydrogen-bond donors (Lipinski definition) is 3. The summed E-state index contributed by atoms with van der Waals surface area (Å²) in [5.74, 6) is -1.04. The van der Waals surface area contributed by atoms with E-state index in [1.54, 1.807) is 0 Å². The van der Waals surface area contributed by atoms with Gasteiger partial charge in [-0.2, -0.15) is 0 Å². The largest absolute Gasteiger partial charge is 0.362 e. The first-order chi connectivity index (χ1) is 16.5. The zero-order valence-corrected chi connectivity index (χ0v) is 19.2. The van der Waals surface area contributed by atoms with Crippen molar-refractivity contribution in [3.8, 4) is 0 Å². The Balaban J connectivity index is 1.71. The molecular formula is C29H27N3O2. The van der Waals surface area contributed by atoms with Crippen molar-refractivity contribution in [2.75, 3.05) is 10.6 Å². The molecule has 3 N–H and O–H groups in total. The summed E-state index contributed by atoms with van der Waals surface area (Å²) in [7, 11) is 0. The third-order valence-electron chi connectivity index (χ3n) is 5.64. The number of hydrogen-bond acceptors (Lipinski definition) is 3. The van der Waals surface area contributed by atoms with E-state index in [1.165, 1.54) is 0 Å². The molecule has 5 nitrogen and oxygen atoms in total. The molecule has 1 aliphatic rings. The fourth-order valence-electron chi connectivity index (χ4n) is 4.05. The summed E-state index contributed by atoms with van der Waals surface area (Å²) in [6, 6.07) is 28.4. The smallest absolute Gasteiger partial charge is 0.254 e. The van der Waals surface area contributed by atoms with E-state index in [9.17, 15) is 9.59 Å². The van der Waals surface area contributed by atoms with Crippen LogP contribution >= 0.6 is 0 Å². The van der Waals surface area contributed by atoms with Gasteiger partial charge in [-0.25, -0.2) is 0 Å². The normalized spacial score (nSPS) is 14.2. The Morgan fingerprint density at radius 3 is 1.53 bits per heavy atom. The Morgan fingerprint density at radius 2 is 1.09 bits per heavy atom. The molecule has 0 aromatic heterocycles. The van der Waals surface area contributed by atoms with Gasteiger partial charge in [0.1, 0.15) is 0 Å². The Hall–Kier alpha value is -4.38. The fourth-order valence-corrected chi connectivity index (χ4v) is 4.05. The van der Waals surface area contributed by atoms with Crippen LogP contribution in [-0.4, -0.2) is 11.8 Å². The second kappa shape index (κ2) is 10.5. The quantitative estimate of drug-likeness (QED) is 0.449. The van der Waals surface area contributed by atoms with Gasteiger partial charge < -0.3 is 16.0 Å². The third-order valence-corrected chi connectivity index (χ3v) is 5.64. The number of carbonyl (C=O) groups is 2. The number of dihydropyridines is 1. The molecule has 4 rings (SSSR count). The van der Waals surface area contributed by atoms with E-state index in [4.69, 9.17) is 0 Å². The van der Waals surface area contributed by atoms with Gasteiger partial charge in [-0.05, 0) is 43.7 Å². The van der Waals surface area contributed by atoms with Crippen LogP contribution < -0.4 is 16.0 Å². The average molecular weight is 450 g/mol. The molecule has 1 heterocycles. The molecular weight excluding hydrogens is 422 g/mol. The molecule has 34 heavy (non-hydrogen) atoms. The molecule has 3 aromatic carbocycles.